The minimum atomic E-state index is -0.750. The molecule has 0 spiro atoms. The third-order valence-corrected chi connectivity index (χ3v) is 2.44. The second kappa shape index (κ2) is 6.47. The summed E-state index contributed by atoms with van der Waals surface area (Å²) in [6.07, 6.45) is 0. The van der Waals surface area contributed by atoms with E-state index in [2.05, 4.69) is 15.9 Å². The summed E-state index contributed by atoms with van der Waals surface area (Å²) in [6.45, 7) is 0. The first kappa shape index (κ1) is 10.8. The third kappa shape index (κ3) is 4.25. The zero-order valence-electron chi connectivity index (χ0n) is 5.11. The van der Waals surface area contributed by atoms with Crippen molar-refractivity contribution in [3.8, 4) is 0 Å². The second-order valence-electron chi connectivity index (χ2n) is 1.31. The van der Waals surface area contributed by atoms with Gasteiger partial charge in [0.15, 0.2) is 0 Å². The van der Waals surface area contributed by atoms with E-state index < -0.39 is 11.6 Å². The van der Waals surface area contributed by atoms with Crippen molar-refractivity contribution in [1.82, 2.24) is 0 Å². The summed E-state index contributed by atoms with van der Waals surface area (Å²) in [5.74, 6) is 0. The lowest BCUT2D eigenvalue weighted by Gasteiger charge is -1.89. The fourth-order valence-corrected chi connectivity index (χ4v) is 1.67. The molecule has 62 valence electrons. The van der Waals surface area contributed by atoms with Crippen LogP contribution in [-0.2, 0) is 11.6 Å². The Morgan fingerprint density at radius 3 is 2.27 bits per heavy atom. The average molecular weight is 258 g/mol. The molecule has 1 aromatic rings. The highest BCUT2D eigenvalue weighted by molar-refractivity contribution is 9.10. The molecule has 0 aromatic carbocycles. The smallest absolute Gasteiger partial charge is 0.291 e. The Bertz CT molecular complexity index is 245. The van der Waals surface area contributed by atoms with Crippen LogP contribution in [-0.4, -0.2) is 13.6 Å². The van der Waals surface area contributed by atoms with Gasteiger partial charge in [-0.3, -0.25) is 10.7 Å². The van der Waals surface area contributed by atoms with Crippen LogP contribution >= 0.6 is 27.3 Å². The van der Waals surface area contributed by atoms with Crippen LogP contribution < -0.4 is 5.48 Å². The molecule has 0 aliphatic carbocycles. The highest BCUT2D eigenvalue weighted by Crippen LogP contribution is 2.25. The van der Waals surface area contributed by atoms with Gasteiger partial charge in [-0.05, 0) is 15.9 Å². The molecule has 1 aromatic heterocycles. The minimum absolute atomic E-state index is 0.718. The van der Waals surface area contributed by atoms with Crippen molar-refractivity contribution in [2.75, 3.05) is 5.48 Å². The number of anilines is 1. The van der Waals surface area contributed by atoms with Crippen LogP contribution in [0.5, 0.6) is 0 Å². The molecule has 0 amide bonds. The molecular formula is C4H4BrNO3S2. The monoisotopic (exact) mass is 257 g/mol. The number of thiophene rings is 1. The van der Waals surface area contributed by atoms with Crippen molar-refractivity contribution in [2.45, 2.75) is 0 Å². The second-order valence-corrected chi connectivity index (χ2v) is 3.05. The third-order valence-electron chi connectivity index (χ3n) is 0.735. The summed E-state index contributed by atoms with van der Waals surface area (Å²) in [5, 5.41) is 12.0. The van der Waals surface area contributed by atoms with E-state index in [1.54, 1.807) is 0 Å². The topological polar surface area (TPSA) is 66.4 Å². The summed E-state index contributed by atoms with van der Waals surface area (Å²) in [6, 6.07) is 0. The molecular weight excluding hydrogens is 254 g/mol. The van der Waals surface area contributed by atoms with Crippen LogP contribution in [0.25, 0.3) is 0 Å². The Labute approximate surface area is 78.9 Å². The standard InChI is InChI=1S/C4H4BrNOS.O2S/c5-3-1-8-2-4(3)6-7;1-3-2/h1-2,6-7H;. The van der Waals surface area contributed by atoms with Crippen molar-refractivity contribution in [1.29, 1.82) is 0 Å². The maximum Gasteiger partial charge on any atom is 0.335 e. The zero-order valence-corrected chi connectivity index (χ0v) is 8.33. The lowest BCUT2D eigenvalue weighted by molar-refractivity contribution is 0.389. The maximum absolute atomic E-state index is 8.33. The van der Waals surface area contributed by atoms with Gasteiger partial charge in [0.05, 0.1) is 10.2 Å². The molecule has 0 unspecified atom stereocenters. The quantitative estimate of drug-likeness (QED) is 0.751. The van der Waals surface area contributed by atoms with E-state index in [0.29, 0.717) is 0 Å². The van der Waals surface area contributed by atoms with Crippen LogP contribution in [0.2, 0.25) is 0 Å². The van der Waals surface area contributed by atoms with Crippen LogP contribution in [0, 0.1) is 0 Å². The molecule has 1 heterocycles. The average Bonchev–Trinajstić information content (AvgIpc) is 2.36. The summed E-state index contributed by atoms with van der Waals surface area (Å²) in [7, 11) is 0. The Kier molecular flexibility index (Phi) is 6.33. The van der Waals surface area contributed by atoms with E-state index >= 15 is 0 Å². The number of halogens is 1. The molecule has 11 heavy (non-hydrogen) atoms. The van der Waals surface area contributed by atoms with Crippen molar-refractivity contribution in [3.05, 3.63) is 15.2 Å². The number of hydrogen-bond acceptors (Lipinski definition) is 5. The van der Waals surface area contributed by atoms with Gasteiger partial charge in [-0.2, -0.15) is 8.42 Å². The van der Waals surface area contributed by atoms with Gasteiger partial charge in [-0.25, -0.2) is 0 Å². The molecule has 0 fully saturated rings. The van der Waals surface area contributed by atoms with Crippen molar-refractivity contribution in [2.24, 2.45) is 0 Å². The summed E-state index contributed by atoms with van der Waals surface area (Å²) >= 11 is 3.99. The molecule has 0 aliphatic heterocycles. The van der Waals surface area contributed by atoms with Crippen LogP contribution in [0.4, 0.5) is 5.69 Å². The lowest BCUT2D eigenvalue weighted by Crippen LogP contribution is -1.84. The van der Waals surface area contributed by atoms with Gasteiger partial charge in [-0.15, -0.1) is 11.3 Å². The van der Waals surface area contributed by atoms with Gasteiger partial charge in [-0.1, -0.05) is 0 Å². The van der Waals surface area contributed by atoms with Gasteiger partial charge in [0.1, 0.15) is 0 Å². The fraction of sp³-hybridized carbons (Fsp3) is 0. The maximum atomic E-state index is 8.33. The molecule has 7 heteroatoms. The first-order valence-corrected chi connectivity index (χ1v) is 4.70. The Morgan fingerprint density at radius 2 is 2.09 bits per heavy atom. The molecule has 0 aliphatic rings. The Balaban J connectivity index is 0.000000292. The molecule has 0 atom stereocenters. The molecule has 2 N–H and O–H groups in total. The van der Waals surface area contributed by atoms with E-state index in [-0.39, 0.29) is 0 Å². The largest absolute Gasteiger partial charge is 0.335 e. The molecule has 0 radical (unpaired) electrons. The number of nitrogens with one attached hydrogen (secondary N) is 1. The zero-order chi connectivity index (χ0) is 8.69. The van der Waals surface area contributed by atoms with E-state index in [1.165, 1.54) is 11.3 Å². The van der Waals surface area contributed by atoms with Crippen LogP contribution in [0.1, 0.15) is 0 Å². The molecule has 0 saturated heterocycles. The van der Waals surface area contributed by atoms with Crippen molar-refractivity contribution >= 4 is 44.5 Å². The molecule has 4 nitrogen and oxygen atoms in total. The van der Waals surface area contributed by atoms with E-state index in [4.69, 9.17) is 13.6 Å². The van der Waals surface area contributed by atoms with Crippen molar-refractivity contribution in [3.63, 3.8) is 0 Å². The summed E-state index contributed by atoms with van der Waals surface area (Å²) in [4.78, 5) is 0. The summed E-state index contributed by atoms with van der Waals surface area (Å²) in [5.41, 5.74) is 2.76. The van der Waals surface area contributed by atoms with Gasteiger partial charge in [0, 0.05) is 10.8 Å². The Morgan fingerprint density at radius 1 is 1.55 bits per heavy atom. The minimum Gasteiger partial charge on any atom is -0.291 e. The normalized spacial score (nSPS) is 7.82. The molecule has 0 bridgehead atoms. The Hall–Kier alpha value is -0.240. The van der Waals surface area contributed by atoms with E-state index in [1.807, 2.05) is 16.2 Å². The van der Waals surface area contributed by atoms with Crippen LogP contribution in [0.3, 0.4) is 0 Å². The first-order chi connectivity index (χ1) is 5.26. The van der Waals surface area contributed by atoms with Crippen LogP contribution in [0.15, 0.2) is 15.2 Å². The van der Waals surface area contributed by atoms with Gasteiger partial charge in [0.25, 0.3) is 0 Å². The lowest BCUT2D eigenvalue weighted by atomic mass is 10.6. The predicted octanol–water partition coefficient (Wildman–Crippen LogP) is 1.64. The summed E-state index contributed by atoms with van der Waals surface area (Å²) < 4.78 is 17.5. The molecule has 0 saturated carbocycles. The first-order valence-electron chi connectivity index (χ1n) is 2.29. The van der Waals surface area contributed by atoms with Gasteiger partial charge < -0.3 is 0 Å². The van der Waals surface area contributed by atoms with E-state index in [9.17, 15) is 0 Å². The SMILES string of the molecule is O=S=O.ONc1cscc1Br. The fourth-order valence-electron chi connectivity index (χ4n) is 0.361. The van der Waals surface area contributed by atoms with Gasteiger partial charge in [0.2, 0.25) is 0 Å². The highest BCUT2D eigenvalue weighted by atomic mass is 79.9. The number of hydrogen-bond donors (Lipinski definition) is 2. The highest BCUT2D eigenvalue weighted by Gasteiger charge is 1.94. The predicted molar refractivity (Wildman–Crippen MR) is 46.3 cm³/mol. The number of rotatable bonds is 1. The molecule has 1 rings (SSSR count). The van der Waals surface area contributed by atoms with Crippen molar-refractivity contribution < 1.29 is 13.6 Å². The van der Waals surface area contributed by atoms with E-state index in [0.717, 1.165) is 10.2 Å². The van der Waals surface area contributed by atoms with Gasteiger partial charge >= 0.3 is 11.6 Å².